The summed E-state index contributed by atoms with van der Waals surface area (Å²) in [6.45, 7) is 2.76. The third-order valence-electron chi connectivity index (χ3n) is 2.05. The van der Waals surface area contributed by atoms with Crippen molar-refractivity contribution in [2.24, 2.45) is 0 Å². The highest BCUT2D eigenvalue weighted by Crippen LogP contribution is 2.14. The molecule has 0 bridgehead atoms. The van der Waals surface area contributed by atoms with Crippen LogP contribution in [0, 0.1) is 0 Å². The van der Waals surface area contributed by atoms with Gasteiger partial charge in [0.2, 0.25) is 0 Å². The van der Waals surface area contributed by atoms with Crippen LogP contribution in [0.2, 0.25) is 0 Å². The fourth-order valence-electron chi connectivity index (χ4n) is 1.38. The normalized spacial score (nSPS) is 10.4. The second-order valence-corrected chi connectivity index (χ2v) is 4.27. The van der Waals surface area contributed by atoms with Gasteiger partial charge in [-0.2, -0.15) is 4.98 Å². The number of nitrogens with one attached hydrogen (secondary N) is 1. The lowest BCUT2D eigenvalue weighted by Gasteiger charge is -1.96. The molecule has 0 atom stereocenters. The van der Waals surface area contributed by atoms with Gasteiger partial charge < -0.3 is 9.84 Å². The van der Waals surface area contributed by atoms with E-state index in [4.69, 9.17) is 4.52 Å². The minimum atomic E-state index is 0.479. The Kier molecular flexibility index (Phi) is 3.56. The van der Waals surface area contributed by atoms with Gasteiger partial charge in [0.15, 0.2) is 5.82 Å². The number of rotatable bonds is 4. The zero-order chi connectivity index (χ0) is 11.4. The summed E-state index contributed by atoms with van der Waals surface area (Å²) in [7, 11) is 0. The molecule has 0 aliphatic rings. The van der Waals surface area contributed by atoms with Gasteiger partial charge in [-0.15, -0.1) is 0 Å². The van der Waals surface area contributed by atoms with Gasteiger partial charge in [-0.1, -0.05) is 33.2 Å². The number of aromatic nitrogens is 2. The maximum absolute atomic E-state index is 5.02. The molecule has 0 fully saturated rings. The van der Waals surface area contributed by atoms with Crippen molar-refractivity contribution in [3.8, 4) is 0 Å². The smallest absolute Gasteiger partial charge is 0.321 e. The summed E-state index contributed by atoms with van der Waals surface area (Å²) in [5, 5.41) is 6.87. The molecule has 16 heavy (non-hydrogen) atoms. The van der Waals surface area contributed by atoms with Crippen LogP contribution in [0.15, 0.2) is 33.3 Å². The van der Waals surface area contributed by atoms with Gasteiger partial charge in [-0.3, -0.25) is 0 Å². The molecule has 1 heterocycles. The van der Waals surface area contributed by atoms with E-state index in [-0.39, 0.29) is 0 Å². The van der Waals surface area contributed by atoms with Crippen LogP contribution in [0.25, 0.3) is 0 Å². The van der Waals surface area contributed by atoms with Crippen molar-refractivity contribution >= 4 is 21.9 Å². The van der Waals surface area contributed by atoms with Gasteiger partial charge in [0.1, 0.15) is 0 Å². The summed E-state index contributed by atoms with van der Waals surface area (Å²) >= 11 is 3.43. The molecule has 0 unspecified atom stereocenters. The number of hydrogen-bond acceptors (Lipinski definition) is 4. The lowest BCUT2D eigenvalue weighted by atomic mass is 10.1. The minimum Gasteiger partial charge on any atom is -0.338 e. The van der Waals surface area contributed by atoms with E-state index >= 15 is 0 Å². The first-order chi connectivity index (χ1) is 7.78. The van der Waals surface area contributed by atoms with E-state index in [1.165, 1.54) is 0 Å². The van der Waals surface area contributed by atoms with Crippen LogP contribution in [0.4, 0.5) is 6.01 Å². The van der Waals surface area contributed by atoms with Gasteiger partial charge in [-0.05, 0) is 24.6 Å². The molecule has 0 aliphatic carbocycles. The Balaban J connectivity index is 2.08. The Morgan fingerprint density at radius 1 is 1.44 bits per heavy atom. The molecule has 0 radical (unpaired) electrons. The summed E-state index contributed by atoms with van der Waals surface area (Å²) < 4.78 is 6.08. The molecule has 1 aromatic heterocycles. The highest BCUT2D eigenvalue weighted by Gasteiger charge is 2.05. The molecule has 0 saturated heterocycles. The molecule has 1 N–H and O–H groups in total. The second-order valence-electron chi connectivity index (χ2n) is 3.35. The maximum Gasteiger partial charge on any atom is 0.321 e. The average molecular weight is 282 g/mol. The van der Waals surface area contributed by atoms with E-state index in [0.29, 0.717) is 18.3 Å². The number of halogens is 1. The average Bonchev–Trinajstić information content (AvgIpc) is 2.66. The molecular weight excluding hydrogens is 270 g/mol. The predicted molar refractivity (Wildman–Crippen MR) is 65.4 cm³/mol. The third kappa shape index (κ3) is 2.82. The fourth-order valence-corrected chi connectivity index (χ4v) is 1.82. The summed E-state index contributed by atoms with van der Waals surface area (Å²) in [4.78, 5) is 4.22. The van der Waals surface area contributed by atoms with E-state index in [9.17, 15) is 0 Å². The first kappa shape index (κ1) is 11.1. The largest absolute Gasteiger partial charge is 0.338 e. The molecule has 0 aliphatic heterocycles. The molecular formula is C11H12BrN3O. The third-order valence-corrected chi connectivity index (χ3v) is 2.54. The summed E-state index contributed by atoms with van der Waals surface area (Å²) in [5.74, 6) is 0.689. The maximum atomic E-state index is 5.02. The van der Waals surface area contributed by atoms with Crippen LogP contribution in [0.3, 0.4) is 0 Å². The van der Waals surface area contributed by atoms with E-state index in [2.05, 4.69) is 31.4 Å². The molecule has 0 spiro atoms. The quantitative estimate of drug-likeness (QED) is 0.936. The van der Waals surface area contributed by atoms with E-state index < -0.39 is 0 Å². The fraction of sp³-hybridized carbons (Fsp3) is 0.273. The van der Waals surface area contributed by atoms with Crippen molar-refractivity contribution in [2.45, 2.75) is 13.3 Å². The van der Waals surface area contributed by atoms with Crippen molar-refractivity contribution in [1.29, 1.82) is 0 Å². The summed E-state index contributed by atoms with van der Waals surface area (Å²) in [6.07, 6.45) is 0.675. The van der Waals surface area contributed by atoms with Crippen molar-refractivity contribution < 1.29 is 4.52 Å². The molecule has 4 nitrogen and oxygen atoms in total. The summed E-state index contributed by atoms with van der Waals surface area (Å²) in [6, 6.07) is 8.54. The SMILES string of the molecule is CCNc1nc(Cc2cccc(Br)c2)no1. The Morgan fingerprint density at radius 2 is 2.31 bits per heavy atom. The minimum absolute atomic E-state index is 0.479. The summed E-state index contributed by atoms with van der Waals surface area (Å²) in [5.41, 5.74) is 1.15. The molecule has 1 aromatic carbocycles. The zero-order valence-corrected chi connectivity index (χ0v) is 10.5. The Hall–Kier alpha value is -1.36. The standard InChI is InChI=1S/C11H12BrN3O/c1-2-13-11-14-10(15-16-11)7-8-4-3-5-9(12)6-8/h3-6H,2,7H2,1H3,(H,13,14,15). The molecule has 5 heteroatoms. The van der Waals surface area contributed by atoms with Gasteiger partial charge >= 0.3 is 6.01 Å². The molecule has 84 valence electrons. The molecule has 2 aromatic rings. The van der Waals surface area contributed by atoms with Crippen molar-refractivity contribution in [3.05, 3.63) is 40.1 Å². The van der Waals surface area contributed by atoms with Crippen LogP contribution < -0.4 is 5.32 Å². The number of nitrogens with zero attached hydrogens (tertiary/aromatic N) is 2. The monoisotopic (exact) mass is 281 g/mol. The van der Waals surface area contributed by atoms with Gasteiger partial charge in [0, 0.05) is 17.4 Å². The van der Waals surface area contributed by atoms with Gasteiger partial charge in [-0.25, -0.2) is 0 Å². The lowest BCUT2D eigenvalue weighted by molar-refractivity contribution is 0.424. The topological polar surface area (TPSA) is 51.0 Å². The predicted octanol–water partition coefficient (Wildman–Crippen LogP) is 2.85. The molecule has 0 amide bonds. The van der Waals surface area contributed by atoms with Crippen molar-refractivity contribution in [2.75, 3.05) is 11.9 Å². The number of benzene rings is 1. The molecule has 0 saturated carbocycles. The highest BCUT2D eigenvalue weighted by atomic mass is 79.9. The van der Waals surface area contributed by atoms with Crippen LogP contribution in [-0.4, -0.2) is 16.7 Å². The lowest BCUT2D eigenvalue weighted by Crippen LogP contribution is -1.97. The van der Waals surface area contributed by atoms with Crippen LogP contribution in [-0.2, 0) is 6.42 Å². The van der Waals surface area contributed by atoms with Crippen molar-refractivity contribution in [3.63, 3.8) is 0 Å². The first-order valence-corrected chi connectivity index (χ1v) is 5.88. The first-order valence-electron chi connectivity index (χ1n) is 5.09. The second kappa shape index (κ2) is 5.12. The number of anilines is 1. The van der Waals surface area contributed by atoms with E-state index in [1.807, 2.05) is 31.2 Å². The van der Waals surface area contributed by atoms with Crippen LogP contribution in [0.1, 0.15) is 18.3 Å². The Morgan fingerprint density at radius 3 is 3.06 bits per heavy atom. The number of hydrogen-bond donors (Lipinski definition) is 1. The van der Waals surface area contributed by atoms with Crippen LogP contribution in [0.5, 0.6) is 0 Å². The highest BCUT2D eigenvalue weighted by molar-refractivity contribution is 9.10. The molecule has 2 rings (SSSR count). The Bertz CT molecular complexity index is 470. The van der Waals surface area contributed by atoms with E-state index in [1.54, 1.807) is 0 Å². The van der Waals surface area contributed by atoms with E-state index in [0.717, 1.165) is 16.6 Å². The van der Waals surface area contributed by atoms with Gasteiger partial charge in [0.05, 0.1) is 0 Å². The zero-order valence-electron chi connectivity index (χ0n) is 8.90. The Labute approximate surface area is 102 Å². The van der Waals surface area contributed by atoms with Gasteiger partial charge in [0.25, 0.3) is 0 Å². The van der Waals surface area contributed by atoms with Crippen molar-refractivity contribution in [1.82, 2.24) is 10.1 Å². The van der Waals surface area contributed by atoms with Crippen LogP contribution >= 0.6 is 15.9 Å².